The van der Waals surface area contributed by atoms with Crippen LogP contribution >= 0.6 is 0 Å². The van der Waals surface area contributed by atoms with Gasteiger partial charge in [-0.3, -0.25) is 0 Å². The molecule has 2 heterocycles. The van der Waals surface area contributed by atoms with Crippen molar-refractivity contribution >= 4 is 0 Å². The van der Waals surface area contributed by atoms with Gasteiger partial charge in [-0.1, -0.05) is 12.1 Å². The molecule has 1 aromatic carbocycles. The molecule has 27 heavy (non-hydrogen) atoms. The molecule has 0 N–H and O–H groups in total. The zero-order valence-corrected chi connectivity index (χ0v) is 14.7. The molecule has 0 amide bonds. The standard InChI is InChI=1S/C19H17F3N4O/c1-12-8-13(2)26-18(25-12)27-17(10-16-6-7-23-11-24-16)14-4-3-5-15(9-14)19(20,21)22/h3-9,11,17H,10H2,1-2H3. The van der Waals surface area contributed by atoms with Gasteiger partial charge in [0.25, 0.3) is 0 Å². The molecule has 0 bridgehead atoms. The monoisotopic (exact) mass is 374 g/mol. The van der Waals surface area contributed by atoms with Crippen LogP contribution in [0.1, 0.15) is 34.3 Å². The lowest BCUT2D eigenvalue weighted by Crippen LogP contribution is -2.15. The molecular formula is C19H17F3N4O. The minimum atomic E-state index is -4.44. The summed E-state index contributed by atoms with van der Waals surface area (Å²) in [6.07, 6.45) is -1.97. The highest BCUT2D eigenvalue weighted by Gasteiger charge is 2.31. The predicted octanol–water partition coefficient (Wildman–Crippen LogP) is 4.27. The molecule has 5 nitrogen and oxygen atoms in total. The molecule has 3 rings (SSSR count). The highest BCUT2D eigenvalue weighted by molar-refractivity contribution is 5.29. The molecule has 0 radical (unpaired) electrons. The maximum atomic E-state index is 13.1. The maximum Gasteiger partial charge on any atom is 0.416 e. The van der Waals surface area contributed by atoms with Gasteiger partial charge in [0.15, 0.2) is 0 Å². The lowest BCUT2D eigenvalue weighted by Gasteiger charge is -2.19. The average molecular weight is 374 g/mol. The van der Waals surface area contributed by atoms with Crippen molar-refractivity contribution in [1.29, 1.82) is 0 Å². The van der Waals surface area contributed by atoms with E-state index in [0.717, 1.165) is 12.1 Å². The first-order valence-electron chi connectivity index (χ1n) is 8.22. The first-order chi connectivity index (χ1) is 12.8. The van der Waals surface area contributed by atoms with Gasteiger partial charge >= 0.3 is 12.2 Å². The van der Waals surface area contributed by atoms with Gasteiger partial charge < -0.3 is 4.74 Å². The minimum absolute atomic E-state index is 0.115. The van der Waals surface area contributed by atoms with Gasteiger partial charge in [-0.2, -0.15) is 13.2 Å². The number of halogens is 3. The third-order valence-corrected chi connectivity index (χ3v) is 3.83. The van der Waals surface area contributed by atoms with Crippen LogP contribution in [0.2, 0.25) is 0 Å². The fraction of sp³-hybridized carbons (Fsp3) is 0.263. The van der Waals surface area contributed by atoms with E-state index in [1.165, 1.54) is 12.4 Å². The van der Waals surface area contributed by atoms with Gasteiger partial charge in [-0.05, 0) is 43.7 Å². The number of alkyl halides is 3. The van der Waals surface area contributed by atoms with Gasteiger partial charge in [0.1, 0.15) is 12.4 Å². The van der Waals surface area contributed by atoms with Crippen molar-refractivity contribution in [3.05, 3.63) is 77.1 Å². The molecule has 0 spiro atoms. The number of hydrogen-bond acceptors (Lipinski definition) is 5. The summed E-state index contributed by atoms with van der Waals surface area (Å²) in [6.45, 7) is 3.59. The number of rotatable bonds is 5. The second-order valence-corrected chi connectivity index (χ2v) is 6.07. The molecule has 140 valence electrons. The summed E-state index contributed by atoms with van der Waals surface area (Å²) in [6, 6.07) is 8.64. The smallest absolute Gasteiger partial charge is 0.416 e. The zero-order valence-electron chi connectivity index (χ0n) is 14.7. The van der Waals surface area contributed by atoms with Crippen LogP contribution in [0.3, 0.4) is 0 Å². The molecule has 0 aliphatic rings. The van der Waals surface area contributed by atoms with Crippen LogP contribution in [-0.2, 0) is 12.6 Å². The topological polar surface area (TPSA) is 60.8 Å². The van der Waals surface area contributed by atoms with E-state index < -0.39 is 17.8 Å². The van der Waals surface area contributed by atoms with Crippen LogP contribution in [0.25, 0.3) is 0 Å². The van der Waals surface area contributed by atoms with E-state index in [2.05, 4.69) is 19.9 Å². The number of aromatic nitrogens is 4. The first-order valence-corrected chi connectivity index (χ1v) is 8.22. The Morgan fingerprint density at radius 3 is 2.41 bits per heavy atom. The van der Waals surface area contributed by atoms with Gasteiger partial charge in [0, 0.05) is 29.7 Å². The van der Waals surface area contributed by atoms with Crippen LogP contribution in [0.5, 0.6) is 6.01 Å². The number of nitrogens with zero attached hydrogens (tertiary/aromatic N) is 4. The summed E-state index contributed by atoms with van der Waals surface area (Å²) in [5.74, 6) is 0. The lowest BCUT2D eigenvalue weighted by molar-refractivity contribution is -0.137. The summed E-state index contributed by atoms with van der Waals surface area (Å²) in [7, 11) is 0. The van der Waals surface area contributed by atoms with Crippen molar-refractivity contribution in [3.8, 4) is 6.01 Å². The highest BCUT2D eigenvalue weighted by Crippen LogP contribution is 2.32. The largest absolute Gasteiger partial charge is 0.455 e. The van der Waals surface area contributed by atoms with Crippen molar-refractivity contribution < 1.29 is 17.9 Å². The van der Waals surface area contributed by atoms with Crippen molar-refractivity contribution in [2.75, 3.05) is 0 Å². The van der Waals surface area contributed by atoms with E-state index in [-0.39, 0.29) is 12.4 Å². The second kappa shape index (κ2) is 7.69. The molecule has 0 aliphatic heterocycles. The summed E-state index contributed by atoms with van der Waals surface area (Å²) in [4.78, 5) is 16.4. The Balaban J connectivity index is 1.97. The molecule has 0 saturated heterocycles. The molecule has 0 aliphatic carbocycles. The fourth-order valence-electron chi connectivity index (χ4n) is 2.65. The molecule has 1 unspecified atom stereocenters. The summed E-state index contributed by atoms with van der Waals surface area (Å²) >= 11 is 0. The SMILES string of the molecule is Cc1cc(C)nc(OC(Cc2ccncn2)c2cccc(C(F)(F)F)c2)n1. The maximum absolute atomic E-state index is 13.1. The second-order valence-electron chi connectivity index (χ2n) is 6.07. The first kappa shape index (κ1) is 18.8. The summed E-state index contributed by atoms with van der Waals surface area (Å²) in [5.41, 5.74) is 1.69. The molecule has 0 fully saturated rings. The number of hydrogen-bond donors (Lipinski definition) is 0. The van der Waals surface area contributed by atoms with E-state index in [1.54, 1.807) is 38.2 Å². The third kappa shape index (κ3) is 4.99. The third-order valence-electron chi connectivity index (χ3n) is 3.83. The van der Waals surface area contributed by atoms with Crippen molar-refractivity contribution in [1.82, 2.24) is 19.9 Å². The van der Waals surface area contributed by atoms with Crippen LogP contribution in [-0.4, -0.2) is 19.9 Å². The quantitative estimate of drug-likeness (QED) is 0.668. The molecule has 3 aromatic rings. The zero-order chi connectivity index (χ0) is 19.4. The van der Waals surface area contributed by atoms with Gasteiger partial charge in [-0.15, -0.1) is 0 Å². The Bertz CT molecular complexity index is 896. The molecule has 1 atom stereocenters. The number of ether oxygens (including phenoxy) is 1. The van der Waals surface area contributed by atoms with Crippen LogP contribution in [0.4, 0.5) is 13.2 Å². The van der Waals surface area contributed by atoms with Gasteiger partial charge in [0.05, 0.1) is 5.56 Å². The minimum Gasteiger partial charge on any atom is -0.455 e. The highest BCUT2D eigenvalue weighted by atomic mass is 19.4. The van der Waals surface area contributed by atoms with E-state index in [4.69, 9.17) is 4.74 Å². The average Bonchev–Trinajstić information content (AvgIpc) is 2.61. The van der Waals surface area contributed by atoms with Gasteiger partial charge in [-0.25, -0.2) is 19.9 Å². The van der Waals surface area contributed by atoms with Crippen LogP contribution in [0, 0.1) is 13.8 Å². The molecule has 2 aromatic heterocycles. The summed E-state index contributed by atoms with van der Waals surface area (Å²) < 4.78 is 45.2. The Morgan fingerprint density at radius 2 is 1.78 bits per heavy atom. The number of benzene rings is 1. The molecular weight excluding hydrogens is 357 g/mol. The molecule has 0 saturated carbocycles. The summed E-state index contributed by atoms with van der Waals surface area (Å²) in [5, 5.41) is 0. The van der Waals surface area contributed by atoms with Crippen molar-refractivity contribution in [2.24, 2.45) is 0 Å². The lowest BCUT2D eigenvalue weighted by atomic mass is 10.0. The van der Waals surface area contributed by atoms with Crippen LogP contribution in [0.15, 0.2) is 48.9 Å². The Hall–Kier alpha value is -3.03. The Morgan fingerprint density at radius 1 is 1.04 bits per heavy atom. The normalized spacial score (nSPS) is 12.6. The van der Waals surface area contributed by atoms with Crippen LogP contribution < -0.4 is 4.74 Å². The fourth-order valence-corrected chi connectivity index (χ4v) is 2.65. The van der Waals surface area contributed by atoms with Crippen molar-refractivity contribution in [2.45, 2.75) is 32.5 Å². The van der Waals surface area contributed by atoms with E-state index >= 15 is 0 Å². The van der Waals surface area contributed by atoms with E-state index in [9.17, 15) is 13.2 Å². The Labute approximate surface area is 154 Å². The predicted molar refractivity (Wildman–Crippen MR) is 92.1 cm³/mol. The molecule has 8 heteroatoms. The Kier molecular flexibility index (Phi) is 5.34. The number of aryl methyl sites for hydroxylation is 2. The van der Waals surface area contributed by atoms with E-state index in [1.807, 2.05) is 0 Å². The van der Waals surface area contributed by atoms with E-state index in [0.29, 0.717) is 22.6 Å². The van der Waals surface area contributed by atoms with Crippen molar-refractivity contribution in [3.63, 3.8) is 0 Å². The van der Waals surface area contributed by atoms with Gasteiger partial charge in [0.2, 0.25) is 0 Å².